The Bertz CT molecular complexity index is 621. The third-order valence-corrected chi connectivity index (χ3v) is 4.82. The van der Waals surface area contributed by atoms with Crippen molar-refractivity contribution in [2.75, 3.05) is 0 Å². The van der Waals surface area contributed by atoms with Gasteiger partial charge in [-0.3, -0.25) is 19.2 Å². The predicted molar refractivity (Wildman–Crippen MR) is 95.3 cm³/mol. The number of carbonyl (C=O) groups excluding carboxylic acids is 1. The number of carboxylic acids is 3. The Kier molecular flexibility index (Phi) is 9.45. The molecule has 0 spiro atoms. The Balaban J connectivity index is 3.11. The zero-order valence-electron chi connectivity index (χ0n) is 15.7. The molecule has 0 aromatic carbocycles. The first kappa shape index (κ1) is 23.4. The van der Waals surface area contributed by atoms with Crippen molar-refractivity contribution in [3.05, 3.63) is 0 Å². The van der Waals surface area contributed by atoms with Gasteiger partial charge in [-0.2, -0.15) is 0 Å². The minimum atomic E-state index is -1.06. The van der Waals surface area contributed by atoms with Crippen molar-refractivity contribution < 1.29 is 44.0 Å². The summed E-state index contributed by atoms with van der Waals surface area (Å²) in [6.45, 7) is 1.60. The summed E-state index contributed by atoms with van der Waals surface area (Å²) in [5, 5.41) is 27.0. The molecular formula is C19H26O9. The molecule has 0 aromatic rings. The zero-order valence-corrected chi connectivity index (χ0v) is 15.7. The van der Waals surface area contributed by atoms with Crippen molar-refractivity contribution >= 4 is 23.9 Å². The van der Waals surface area contributed by atoms with Crippen LogP contribution in [0.3, 0.4) is 0 Å². The lowest BCUT2D eigenvalue weighted by Crippen LogP contribution is -2.36. The molecule has 28 heavy (non-hydrogen) atoms. The van der Waals surface area contributed by atoms with Crippen LogP contribution in [0.1, 0.15) is 51.9 Å². The van der Waals surface area contributed by atoms with Crippen molar-refractivity contribution in [2.45, 2.75) is 70.2 Å². The van der Waals surface area contributed by atoms with E-state index in [-0.39, 0.29) is 44.9 Å². The van der Waals surface area contributed by atoms with Gasteiger partial charge in [0.15, 0.2) is 6.10 Å². The summed E-state index contributed by atoms with van der Waals surface area (Å²) in [5.41, 5.74) is 0. The van der Waals surface area contributed by atoms with Crippen molar-refractivity contribution in [1.29, 1.82) is 0 Å². The summed E-state index contributed by atoms with van der Waals surface area (Å²) >= 11 is 0. The van der Waals surface area contributed by atoms with Gasteiger partial charge in [-0.05, 0) is 31.1 Å². The number of esters is 1. The van der Waals surface area contributed by atoms with Crippen LogP contribution in [0.25, 0.3) is 0 Å². The van der Waals surface area contributed by atoms with E-state index in [0.29, 0.717) is 0 Å². The zero-order chi connectivity index (χ0) is 21.3. The summed E-state index contributed by atoms with van der Waals surface area (Å²) in [5.74, 6) is -2.16. The van der Waals surface area contributed by atoms with Gasteiger partial charge in [0.1, 0.15) is 6.10 Å². The van der Waals surface area contributed by atoms with Crippen LogP contribution in [0.4, 0.5) is 0 Å². The molecule has 0 bridgehead atoms. The standard InChI is InChI=1S/C19H26O9/c1-3-13(27-18(26)4-2)19-12(6-9-16(22)23)11(5-8-15(20)21)14(28-19)7-10-17(24)25/h1,11-14,19H,4-10H2,2H3,(H,20,21)(H,22,23)(H,24,25)/t11-,12+,13-,14?,19+/m0/s1. The fourth-order valence-electron chi connectivity index (χ4n) is 3.55. The first-order chi connectivity index (χ1) is 13.2. The highest BCUT2D eigenvalue weighted by Crippen LogP contribution is 2.42. The number of hydrogen-bond acceptors (Lipinski definition) is 6. The fraction of sp³-hybridized carbons (Fsp3) is 0.684. The van der Waals surface area contributed by atoms with E-state index >= 15 is 0 Å². The lowest BCUT2D eigenvalue weighted by molar-refractivity contribution is -0.153. The van der Waals surface area contributed by atoms with Crippen LogP contribution in [-0.4, -0.2) is 57.5 Å². The van der Waals surface area contributed by atoms with Gasteiger partial charge in [-0.25, -0.2) is 0 Å². The first-order valence-electron chi connectivity index (χ1n) is 9.16. The van der Waals surface area contributed by atoms with Crippen LogP contribution in [0, 0.1) is 24.2 Å². The summed E-state index contributed by atoms with van der Waals surface area (Å²) < 4.78 is 11.2. The summed E-state index contributed by atoms with van der Waals surface area (Å²) in [4.78, 5) is 44.7. The number of terminal acetylenes is 1. The topological polar surface area (TPSA) is 147 Å². The lowest BCUT2D eigenvalue weighted by atomic mass is 9.78. The molecule has 1 rings (SSSR count). The number of hydrogen-bond donors (Lipinski definition) is 3. The van der Waals surface area contributed by atoms with E-state index in [4.69, 9.17) is 31.2 Å². The van der Waals surface area contributed by atoms with Gasteiger partial charge in [0, 0.05) is 25.7 Å². The minimum absolute atomic E-state index is 0.0928. The molecule has 5 atom stereocenters. The molecule has 0 aliphatic carbocycles. The monoisotopic (exact) mass is 398 g/mol. The quantitative estimate of drug-likeness (QED) is 0.329. The van der Waals surface area contributed by atoms with Gasteiger partial charge in [0.2, 0.25) is 0 Å². The molecule has 1 saturated heterocycles. The molecule has 0 saturated carbocycles. The maximum Gasteiger partial charge on any atom is 0.306 e. The highest BCUT2D eigenvalue weighted by Gasteiger charge is 2.47. The van der Waals surface area contributed by atoms with Gasteiger partial charge >= 0.3 is 23.9 Å². The van der Waals surface area contributed by atoms with Gasteiger partial charge in [0.05, 0.1) is 6.10 Å². The molecule has 1 aliphatic rings. The van der Waals surface area contributed by atoms with E-state index in [1.165, 1.54) is 0 Å². The van der Waals surface area contributed by atoms with Crippen molar-refractivity contribution in [1.82, 2.24) is 0 Å². The van der Waals surface area contributed by atoms with E-state index in [1.54, 1.807) is 6.92 Å². The largest absolute Gasteiger partial charge is 0.481 e. The Morgan fingerprint density at radius 3 is 1.93 bits per heavy atom. The van der Waals surface area contributed by atoms with E-state index in [9.17, 15) is 19.2 Å². The highest BCUT2D eigenvalue weighted by molar-refractivity contribution is 5.69. The van der Waals surface area contributed by atoms with Gasteiger partial charge in [-0.15, -0.1) is 6.42 Å². The van der Waals surface area contributed by atoms with E-state index in [1.807, 2.05) is 0 Å². The molecule has 1 unspecified atom stereocenters. The smallest absolute Gasteiger partial charge is 0.306 e. The van der Waals surface area contributed by atoms with Crippen LogP contribution >= 0.6 is 0 Å². The second-order valence-electron chi connectivity index (χ2n) is 6.69. The summed E-state index contributed by atoms with van der Waals surface area (Å²) in [7, 11) is 0. The van der Waals surface area contributed by atoms with Crippen LogP contribution in [0.5, 0.6) is 0 Å². The van der Waals surface area contributed by atoms with Crippen LogP contribution < -0.4 is 0 Å². The fourth-order valence-corrected chi connectivity index (χ4v) is 3.55. The average molecular weight is 398 g/mol. The Morgan fingerprint density at radius 2 is 1.46 bits per heavy atom. The van der Waals surface area contributed by atoms with Gasteiger partial charge < -0.3 is 24.8 Å². The number of ether oxygens (including phenoxy) is 2. The minimum Gasteiger partial charge on any atom is -0.481 e. The SMILES string of the molecule is C#C[C@H](OC(=O)CC)[C@@H]1OC(CCC(=O)O)[C@@H](CCC(=O)O)[C@H]1CCC(=O)O. The van der Waals surface area contributed by atoms with E-state index < -0.39 is 54.0 Å². The lowest BCUT2D eigenvalue weighted by Gasteiger charge is -2.26. The number of carbonyl (C=O) groups is 4. The molecular weight excluding hydrogens is 372 g/mol. The summed E-state index contributed by atoms with van der Waals surface area (Å²) in [6, 6.07) is 0. The molecule has 1 aliphatic heterocycles. The average Bonchev–Trinajstić information content (AvgIpc) is 2.97. The van der Waals surface area contributed by atoms with Crippen LogP contribution in [-0.2, 0) is 28.7 Å². The third-order valence-electron chi connectivity index (χ3n) is 4.82. The van der Waals surface area contributed by atoms with Crippen LogP contribution in [0.15, 0.2) is 0 Å². The Labute approximate surface area is 163 Å². The van der Waals surface area contributed by atoms with E-state index in [2.05, 4.69) is 5.92 Å². The number of carboxylic acid groups (broad SMARTS) is 3. The Hall–Kier alpha value is -2.60. The molecule has 3 N–H and O–H groups in total. The molecule has 0 aromatic heterocycles. The normalized spacial score (nSPS) is 24.9. The van der Waals surface area contributed by atoms with Crippen molar-refractivity contribution in [2.24, 2.45) is 11.8 Å². The molecule has 156 valence electrons. The first-order valence-corrected chi connectivity index (χ1v) is 9.16. The van der Waals surface area contributed by atoms with Crippen molar-refractivity contribution in [3.63, 3.8) is 0 Å². The van der Waals surface area contributed by atoms with Gasteiger partial charge in [0.25, 0.3) is 0 Å². The van der Waals surface area contributed by atoms with Gasteiger partial charge in [-0.1, -0.05) is 12.8 Å². The molecule has 9 heteroatoms. The molecule has 9 nitrogen and oxygen atoms in total. The molecule has 1 heterocycles. The number of aliphatic carboxylic acids is 3. The Morgan fingerprint density at radius 1 is 0.964 bits per heavy atom. The predicted octanol–water partition coefficient (Wildman–Crippen LogP) is 1.54. The molecule has 0 radical (unpaired) electrons. The third kappa shape index (κ3) is 7.19. The molecule has 0 amide bonds. The highest BCUT2D eigenvalue weighted by atomic mass is 16.6. The maximum absolute atomic E-state index is 11.7. The van der Waals surface area contributed by atoms with Crippen molar-refractivity contribution in [3.8, 4) is 12.3 Å². The number of rotatable bonds is 12. The second-order valence-corrected chi connectivity index (χ2v) is 6.69. The maximum atomic E-state index is 11.7. The van der Waals surface area contributed by atoms with Crippen LogP contribution in [0.2, 0.25) is 0 Å². The second kappa shape index (κ2) is 11.3. The summed E-state index contributed by atoms with van der Waals surface area (Å²) in [6.07, 6.45) is 2.98. The van der Waals surface area contributed by atoms with E-state index in [0.717, 1.165) is 0 Å². The molecule has 1 fully saturated rings.